The number of nitrogens with zero attached hydrogens (tertiary/aromatic N) is 2. The van der Waals surface area contributed by atoms with Gasteiger partial charge in [0.1, 0.15) is 0 Å². The minimum atomic E-state index is -0.235. The second kappa shape index (κ2) is 3.76. The summed E-state index contributed by atoms with van der Waals surface area (Å²) in [4.78, 5) is 12.6. The van der Waals surface area contributed by atoms with Gasteiger partial charge < -0.3 is 0 Å². The molecule has 2 amide bonds. The minimum absolute atomic E-state index is 0.235. The van der Waals surface area contributed by atoms with E-state index in [4.69, 9.17) is 0 Å². The van der Waals surface area contributed by atoms with E-state index >= 15 is 0 Å². The van der Waals surface area contributed by atoms with Crippen LogP contribution >= 0.6 is 0 Å². The maximum atomic E-state index is 11.1. The highest BCUT2D eigenvalue weighted by molar-refractivity contribution is 5.90. The maximum absolute atomic E-state index is 11.1. The molecule has 0 aliphatic heterocycles. The van der Waals surface area contributed by atoms with Crippen molar-refractivity contribution in [3.8, 4) is 0 Å². The highest BCUT2D eigenvalue weighted by Crippen LogP contribution is 2.10. The number of anilines is 1. The first-order valence-electron chi connectivity index (χ1n) is 3.68. The molecule has 1 radical (unpaired) electrons. The number of rotatable bonds is 1. The quantitative estimate of drug-likeness (QED) is 0.617. The van der Waals surface area contributed by atoms with Crippen molar-refractivity contribution in [1.82, 2.24) is 5.32 Å². The molecule has 0 aliphatic carbocycles. The normalized spacial score (nSPS) is 9.17. The van der Waals surface area contributed by atoms with Crippen molar-refractivity contribution in [3.05, 3.63) is 30.3 Å². The van der Waals surface area contributed by atoms with Crippen LogP contribution in [-0.4, -0.2) is 20.1 Å². The molecule has 0 aliphatic rings. The molecule has 0 fully saturated rings. The van der Waals surface area contributed by atoms with Gasteiger partial charge in [-0.05, 0) is 12.1 Å². The van der Waals surface area contributed by atoms with Crippen molar-refractivity contribution in [2.24, 2.45) is 0 Å². The largest absolute Gasteiger partial charge is 0.342 e. The summed E-state index contributed by atoms with van der Waals surface area (Å²) in [5.74, 6) is 0. The molecule has 3 heteroatoms. The van der Waals surface area contributed by atoms with Gasteiger partial charge in [0.2, 0.25) is 0 Å². The first-order chi connectivity index (χ1) is 5.75. The molecule has 0 N–H and O–H groups in total. The minimum Gasteiger partial charge on any atom is -0.296 e. The van der Waals surface area contributed by atoms with E-state index in [2.05, 4.69) is 5.32 Å². The van der Waals surface area contributed by atoms with Crippen LogP contribution in [0.3, 0.4) is 0 Å². The van der Waals surface area contributed by atoms with Crippen molar-refractivity contribution in [2.45, 2.75) is 0 Å². The monoisotopic (exact) mass is 163 g/mol. The summed E-state index contributed by atoms with van der Waals surface area (Å²) in [6.07, 6.45) is 0. The molecule has 0 spiro atoms. The van der Waals surface area contributed by atoms with Gasteiger partial charge in [0.05, 0.1) is 0 Å². The van der Waals surface area contributed by atoms with Gasteiger partial charge in [-0.25, -0.2) is 10.1 Å². The Balaban J connectivity index is 2.78. The van der Waals surface area contributed by atoms with E-state index in [1.807, 2.05) is 30.3 Å². The van der Waals surface area contributed by atoms with Crippen LogP contribution in [0.4, 0.5) is 10.5 Å². The third-order valence-electron chi connectivity index (χ3n) is 1.62. The molecule has 0 aromatic heterocycles. The van der Waals surface area contributed by atoms with Gasteiger partial charge in [-0.15, -0.1) is 0 Å². The summed E-state index contributed by atoms with van der Waals surface area (Å²) in [5.41, 5.74) is 0.855. The zero-order chi connectivity index (χ0) is 8.97. The fourth-order valence-corrected chi connectivity index (χ4v) is 0.912. The van der Waals surface area contributed by atoms with Crippen molar-refractivity contribution in [2.75, 3.05) is 19.0 Å². The van der Waals surface area contributed by atoms with E-state index in [9.17, 15) is 4.79 Å². The number of hydrogen-bond donors (Lipinski definition) is 0. The number of benzene rings is 1. The van der Waals surface area contributed by atoms with E-state index in [1.54, 1.807) is 7.05 Å². The molecule has 1 aromatic rings. The van der Waals surface area contributed by atoms with Crippen LogP contribution in [0.1, 0.15) is 0 Å². The Kier molecular flexibility index (Phi) is 2.69. The third kappa shape index (κ3) is 1.75. The predicted octanol–water partition coefficient (Wildman–Crippen LogP) is 1.48. The number of urea groups is 1. The van der Waals surface area contributed by atoms with Crippen molar-refractivity contribution in [1.29, 1.82) is 0 Å². The van der Waals surface area contributed by atoms with E-state index < -0.39 is 0 Å². The van der Waals surface area contributed by atoms with Crippen molar-refractivity contribution < 1.29 is 4.79 Å². The molecule has 63 valence electrons. The molecule has 0 saturated carbocycles. The van der Waals surface area contributed by atoms with Crippen LogP contribution in [-0.2, 0) is 0 Å². The van der Waals surface area contributed by atoms with Crippen LogP contribution in [0.25, 0.3) is 0 Å². The standard InChI is InChI=1S/C9H11N2O/c1-10-9(12)11(2)8-6-4-3-5-7-8/h3-7H,1-2H3. The average molecular weight is 163 g/mol. The number of para-hydroxylation sites is 1. The number of hydrogen-bond acceptors (Lipinski definition) is 1. The highest BCUT2D eigenvalue weighted by Gasteiger charge is 2.07. The van der Waals surface area contributed by atoms with E-state index in [0.29, 0.717) is 0 Å². The summed E-state index contributed by atoms with van der Waals surface area (Å²) in [6.45, 7) is 0. The van der Waals surface area contributed by atoms with Gasteiger partial charge in [-0.3, -0.25) is 4.90 Å². The molecule has 1 rings (SSSR count). The number of carbonyl (C=O) groups excluding carboxylic acids is 1. The second-order valence-electron chi connectivity index (χ2n) is 2.40. The smallest absolute Gasteiger partial charge is 0.296 e. The predicted molar refractivity (Wildman–Crippen MR) is 48.3 cm³/mol. The molecule has 0 saturated heterocycles. The summed E-state index contributed by atoms with van der Waals surface area (Å²) in [6, 6.07) is 9.17. The lowest BCUT2D eigenvalue weighted by atomic mass is 10.3. The molecular formula is C9H11N2O. The molecule has 12 heavy (non-hydrogen) atoms. The molecule has 1 aromatic carbocycles. The Bertz CT molecular complexity index is 258. The van der Waals surface area contributed by atoms with Crippen molar-refractivity contribution in [3.63, 3.8) is 0 Å². The Hall–Kier alpha value is -1.51. The van der Waals surface area contributed by atoms with Crippen LogP contribution in [0, 0.1) is 0 Å². The van der Waals surface area contributed by atoms with Gasteiger partial charge >= 0.3 is 6.03 Å². The van der Waals surface area contributed by atoms with Crippen molar-refractivity contribution >= 4 is 11.7 Å². The van der Waals surface area contributed by atoms with Gasteiger partial charge in [-0.2, -0.15) is 0 Å². The Morgan fingerprint density at radius 1 is 1.33 bits per heavy atom. The SMILES string of the molecule is C[N]C(=O)N(C)c1ccccc1. The van der Waals surface area contributed by atoms with Gasteiger partial charge in [0.25, 0.3) is 0 Å². The zero-order valence-electron chi connectivity index (χ0n) is 7.19. The fraction of sp³-hybridized carbons (Fsp3) is 0.222. The van der Waals surface area contributed by atoms with Crippen LogP contribution in [0.15, 0.2) is 30.3 Å². The first-order valence-corrected chi connectivity index (χ1v) is 3.68. The topological polar surface area (TPSA) is 34.4 Å². The Morgan fingerprint density at radius 3 is 2.42 bits per heavy atom. The molecule has 0 heterocycles. The summed E-state index contributed by atoms with van der Waals surface area (Å²) < 4.78 is 0. The van der Waals surface area contributed by atoms with E-state index in [-0.39, 0.29) is 6.03 Å². The Labute approximate surface area is 72.0 Å². The van der Waals surface area contributed by atoms with E-state index in [1.165, 1.54) is 11.9 Å². The van der Waals surface area contributed by atoms with Gasteiger partial charge in [0, 0.05) is 19.8 Å². The molecular weight excluding hydrogens is 152 g/mol. The van der Waals surface area contributed by atoms with Crippen LogP contribution in [0.5, 0.6) is 0 Å². The van der Waals surface area contributed by atoms with Gasteiger partial charge in [-0.1, -0.05) is 18.2 Å². The zero-order valence-corrected chi connectivity index (χ0v) is 7.19. The number of carbonyl (C=O) groups is 1. The second-order valence-corrected chi connectivity index (χ2v) is 2.40. The lowest BCUT2D eigenvalue weighted by Gasteiger charge is -2.14. The lowest BCUT2D eigenvalue weighted by Crippen LogP contribution is -2.30. The van der Waals surface area contributed by atoms with E-state index in [0.717, 1.165) is 5.69 Å². The first kappa shape index (κ1) is 8.59. The molecule has 0 atom stereocenters. The van der Waals surface area contributed by atoms with Crippen LogP contribution in [0.2, 0.25) is 0 Å². The highest BCUT2D eigenvalue weighted by atomic mass is 16.2. The summed E-state index contributed by atoms with van der Waals surface area (Å²) in [7, 11) is 3.19. The Morgan fingerprint density at radius 2 is 1.92 bits per heavy atom. The molecule has 0 unspecified atom stereocenters. The summed E-state index contributed by atoms with van der Waals surface area (Å²) in [5, 5.41) is 3.55. The fourth-order valence-electron chi connectivity index (χ4n) is 0.912. The van der Waals surface area contributed by atoms with Gasteiger partial charge in [0.15, 0.2) is 0 Å². The number of amides is 2. The average Bonchev–Trinajstić information content (AvgIpc) is 2.17. The lowest BCUT2D eigenvalue weighted by molar-refractivity contribution is 0.249. The maximum Gasteiger partial charge on any atom is 0.342 e. The third-order valence-corrected chi connectivity index (χ3v) is 1.62. The van der Waals surface area contributed by atoms with Crippen LogP contribution < -0.4 is 10.2 Å². The summed E-state index contributed by atoms with van der Waals surface area (Å²) >= 11 is 0. The molecule has 3 nitrogen and oxygen atoms in total. The molecule has 0 bridgehead atoms.